The molecule has 1 atom stereocenters. The smallest absolute Gasteiger partial charge is 0.407 e. The zero-order chi connectivity index (χ0) is 23.0. The molecule has 2 N–H and O–H groups in total. The van der Waals surface area contributed by atoms with Gasteiger partial charge < -0.3 is 19.9 Å². The summed E-state index contributed by atoms with van der Waals surface area (Å²) in [7, 11) is 0. The molecule has 172 valence electrons. The Morgan fingerprint density at radius 3 is 2.50 bits per heavy atom. The summed E-state index contributed by atoms with van der Waals surface area (Å²) in [5, 5.41) is 5.27. The fraction of sp³-hybridized carbons (Fsp3) is 0.565. The second-order valence-electron chi connectivity index (χ2n) is 9.65. The fourth-order valence-electron chi connectivity index (χ4n) is 4.51. The van der Waals surface area contributed by atoms with E-state index in [2.05, 4.69) is 15.5 Å². The number of benzene rings is 1. The van der Waals surface area contributed by atoms with Gasteiger partial charge in [-0.05, 0) is 63.8 Å². The third-order valence-electron chi connectivity index (χ3n) is 6.09. The van der Waals surface area contributed by atoms with Crippen molar-refractivity contribution >= 4 is 29.5 Å². The van der Waals surface area contributed by atoms with Gasteiger partial charge in [0.1, 0.15) is 11.6 Å². The molecule has 9 nitrogen and oxygen atoms in total. The topological polar surface area (TPSA) is 108 Å². The van der Waals surface area contributed by atoms with E-state index in [9.17, 15) is 19.2 Å². The molecule has 2 saturated heterocycles. The van der Waals surface area contributed by atoms with Crippen LogP contribution in [0.1, 0.15) is 62.4 Å². The van der Waals surface area contributed by atoms with Crippen LogP contribution in [0.4, 0.5) is 10.5 Å². The van der Waals surface area contributed by atoms with E-state index >= 15 is 0 Å². The van der Waals surface area contributed by atoms with Crippen LogP contribution in [0.5, 0.6) is 0 Å². The Kier molecular flexibility index (Phi) is 5.83. The number of piperidine rings is 2. The number of carbonyl (C=O) groups is 4. The highest BCUT2D eigenvalue weighted by molar-refractivity contribution is 6.05. The van der Waals surface area contributed by atoms with Crippen LogP contribution in [0.15, 0.2) is 18.2 Å². The number of alkyl carbamates (subject to hydrolysis) is 1. The molecule has 0 bridgehead atoms. The molecule has 0 aromatic heterocycles. The number of rotatable bonds is 3. The number of imide groups is 1. The van der Waals surface area contributed by atoms with E-state index in [1.807, 2.05) is 39.0 Å². The van der Waals surface area contributed by atoms with Gasteiger partial charge in [-0.15, -0.1) is 0 Å². The predicted octanol–water partition coefficient (Wildman–Crippen LogP) is 1.94. The lowest BCUT2D eigenvalue weighted by atomic mass is 10.0. The third kappa shape index (κ3) is 4.71. The van der Waals surface area contributed by atoms with Crippen LogP contribution >= 0.6 is 0 Å². The summed E-state index contributed by atoms with van der Waals surface area (Å²) in [6.45, 7) is 7.46. The van der Waals surface area contributed by atoms with Gasteiger partial charge in [-0.3, -0.25) is 19.7 Å². The molecule has 0 saturated carbocycles. The van der Waals surface area contributed by atoms with Crippen LogP contribution in [-0.2, 0) is 20.9 Å². The minimum Gasteiger partial charge on any atom is -0.444 e. The van der Waals surface area contributed by atoms with Crippen molar-refractivity contribution in [1.29, 1.82) is 0 Å². The number of hydrogen-bond acceptors (Lipinski definition) is 6. The lowest BCUT2D eigenvalue weighted by Crippen LogP contribution is -2.52. The van der Waals surface area contributed by atoms with Gasteiger partial charge in [-0.25, -0.2) is 4.79 Å². The normalized spacial score (nSPS) is 22.0. The van der Waals surface area contributed by atoms with Gasteiger partial charge in [0.2, 0.25) is 11.8 Å². The second kappa shape index (κ2) is 8.44. The van der Waals surface area contributed by atoms with Crippen molar-refractivity contribution in [2.45, 2.75) is 70.7 Å². The summed E-state index contributed by atoms with van der Waals surface area (Å²) >= 11 is 0. The number of hydrogen-bond donors (Lipinski definition) is 2. The van der Waals surface area contributed by atoms with E-state index in [1.54, 1.807) is 4.90 Å². The molecular weight excluding hydrogens is 412 g/mol. The largest absolute Gasteiger partial charge is 0.444 e. The first kappa shape index (κ1) is 22.1. The van der Waals surface area contributed by atoms with Gasteiger partial charge in [-0.1, -0.05) is 0 Å². The van der Waals surface area contributed by atoms with Crippen LogP contribution in [-0.4, -0.2) is 59.5 Å². The molecule has 3 aliphatic heterocycles. The molecule has 1 unspecified atom stereocenters. The second-order valence-corrected chi connectivity index (χ2v) is 9.65. The number of anilines is 1. The molecule has 0 spiro atoms. The van der Waals surface area contributed by atoms with Crippen LogP contribution in [0.25, 0.3) is 0 Å². The Labute approximate surface area is 187 Å². The minimum absolute atomic E-state index is 0.0696. The molecule has 2 fully saturated rings. The number of nitrogens with zero attached hydrogens (tertiary/aromatic N) is 2. The van der Waals surface area contributed by atoms with Crippen molar-refractivity contribution in [1.82, 2.24) is 15.5 Å². The maximum Gasteiger partial charge on any atom is 0.407 e. The van der Waals surface area contributed by atoms with E-state index in [1.165, 1.54) is 0 Å². The zero-order valence-electron chi connectivity index (χ0n) is 18.8. The van der Waals surface area contributed by atoms with Crippen LogP contribution in [0, 0.1) is 0 Å². The molecule has 4 rings (SSSR count). The number of ether oxygens (including phenoxy) is 1. The quantitative estimate of drug-likeness (QED) is 0.693. The molecule has 4 amide bonds. The summed E-state index contributed by atoms with van der Waals surface area (Å²) < 4.78 is 5.34. The maximum absolute atomic E-state index is 12.9. The average molecular weight is 443 g/mol. The van der Waals surface area contributed by atoms with Crippen molar-refractivity contribution in [3.8, 4) is 0 Å². The predicted molar refractivity (Wildman–Crippen MR) is 117 cm³/mol. The number of fused-ring (bicyclic) bond motifs is 1. The highest BCUT2D eigenvalue weighted by Crippen LogP contribution is 2.31. The first-order chi connectivity index (χ1) is 15.1. The summed E-state index contributed by atoms with van der Waals surface area (Å²) in [5.74, 6) is -0.856. The van der Waals surface area contributed by atoms with Crippen LogP contribution in [0.2, 0.25) is 0 Å². The highest BCUT2D eigenvalue weighted by atomic mass is 16.6. The van der Waals surface area contributed by atoms with E-state index in [0.717, 1.165) is 37.2 Å². The van der Waals surface area contributed by atoms with Crippen molar-refractivity contribution < 1.29 is 23.9 Å². The first-order valence-electron chi connectivity index (χ1n) is 11.1. The summed E-state index contributed by atoms with van der Waals surface area (Å²) in [6, 6.07) is 5.24. The minimum atomic E-state index is -0.606. The van der Waals surface area contributed by atoms with Gasteiger partial charge in [0.05, 0.1) is 0 Å². The SMILES string of the molecule is CC(C)(C)OC(=O)NC1CCN(c2ccc3c(c2)CN(C2CCC(=O)NC2=O)C3=O)CC1. The van der Waals surface area contributed by atoms with Crippen molar-refractivity contribution in [2.24, 2.45) is 0 Å². The summed E-state index contributed by atoms with van der Waals surface area (Å²) in [6.07, 6.45) is 1.82. The number of amides is 4. The first-order valence-corrected chi connectivity index (χ1v) is 11.1. The Morgan fingerprint density at radius 1 is 1.12 bits per heavy atom. The van der Waals surface area contributed by atoms with Crippen molar-refractivity contribution in [3.05, 3.63) is 29.3 Å². The molecule has 0 aliphatic carbocycles. The van der Waals surface area contributed by atoms with Crippen LogP contribution < -0.4 is 15.5 Å². The van der Waals surface area contributed by atoms with Crippen LogP contribution in [0.3, 0.4) is 0 Å². The van der Waals surface area contributed by atoms with Gasteiger partial charge in [0, 0.05) is 43.3 Å². The van der Waals surface area contributed by atoms with E-state index in [4.69, 9.17) is 4.74 Å². The molecule has 32 heavy (non-hydrogen) atoms. The van der Waals surface area contributed by atoms with Crippen molar-refractivity contribution in [3.63, 3.8) is 0 Å². The van der Waals surface area contributed by atoms with Gasteiger partial charge in [-0.2, -0.15) is 0 Å². The third-order valence-corrected chi connectivity index (χ3v) is 6.09. The molecule has 3 heterocycles. The Bertz CT molecular complexity index is 946. The Hall–Kier alpha value is -3.10. The molecule has 1 aromatic rings. The summed E-state index contributed by atoms with van der Waals surface area (Å²) in [4.78, 5) is 52.3. The lowest BCUT2D eigenvalue weighted by molar-refractivity contribution is -0.136. The average Bonchev–Trinajstić information content (AvgIpc) is 3.03. The summed E-state index contributed by atoms with van der Waals surface area (Å²) in [5.41, 5.74) is 2.01. The fourth-order valence-corrected chi connectivity index (χ4v) is 4.51. The Balaban J connectivity index is 1.36. The zero-order valence-corrected chi connectivity index (χ0v) is 18.8. The lowest BCUT2D eigenvalue weighted by Gasteiger charge is -2.34. The monoisotopic (exact) mass is 442 g/mol. The highest BCUT2D eigenvalue weighted by Gasteiger charge is 2.39. The molecule has 3 aliphatic rings. The molecule has 0 radical (unpaired) electrons. The van der Waals surface area contributed by atoms with E-state index in [-0.39, 0.29) is 30.4 Å². The van der Waals surface area contributed by atoms with Gasteiger partial charge >= 0.3 is 6.09 Å². The molecule has 1 aromatic carbocycles. The van der Waals surface area contributed by atoms with E-state index in [0.29, 0.717) is 18.5 Å². The Morgan fingerprint density at radius 2 is 1.84 bits per heavy atom. The maximum atomic E-state index is 12.9. The standard InChI is InChI=1S/C23H30N4O5/c1-23(2,3)32-22(31)24-15-8-10-26(11-9-15)16-4-5-17-14(12-16)13-27(21(17)30)18-6-7-19(28)25-20(18)29/h4-5,12,15,18H,6-11,13H2,1-3H3,(H,24,31)(H,25,28,29). The van der Waals surface area contributed by atoms with E-state index < -0.39 is 17.6 Å². The number of nitrogens with one attached hydrogen (secondary N) is 2. The molecular formula is C23H30N4O5. The van der Waals surface area contributed by atoms with Gasteiger partial charge in [0.15, 0.2) is 0 Å². The van der Waals surface area contributed by atoms with Gasteiger partial charge in [0.25, 0.3) is 5.91 Å². The number of carbonyl (C=O) groups excluding carboxylic acids is 4. The van der Waals surface area contributed by atoms with Crippen molar-refractivity contribution in [2.75, 3.05) is 18.0 Å². The molecule has 9 heteroatoms.